The molecule has 0 spiro atoms. The first-order chi connectivity index (χ1) is 11.1. The van der Waals surface area contributed by atoms with E-state index in [9.17, 15) is 4.79 Å². The average Bonchev–Trinajstić information content (AvgIpc) is 2.56. The molecule has 1 heterocycles. The fourth-order valence-electron chi connectivity index (χ4n) is 2.18. The average molecular weight is 324 g/mol. The fraction of sp³-hybridized carbons (Fsp3) is 0.0556. The Morgan fingerprint density at radius 1 is 1.04 bits per heavy atom. The number of aromatic nitrogens is 2. The van der Waals surface area contributed by atoms with Crippen molar-refractivity contribution in [3.63, 3.8) is 0 Å². The highest BCUT2D eigenvalue weighted by atomic mass is 35.5. The third-order valence-electron chi connectivity index (χ3n) is 3.30. The van der Waals surface area contributed by atoms with Crippen molar-refractivity contribution >= 4 is 23.2 Å². The highest BCUT2D eigenvalue weighted by Gasteiger charge is 2.15. The summed E-state index contributed by atoms with van der Waals surface area (Å²) < 4.78 is 0. The van der Waals surface area contributed by atoms with Gasteiger partial charge in [0.2, 0.25) is 0 Å². The third-order valence-corrected chi connectivity index (χ3v) is 3.56. The van der Waals surface area contributed by atoms with E-state index >= 15 is 0 Å². The van der Waals surface area contributed by atoms with Crippen molar-refractivity contribution < 1.29 is 4.79 Å². The van der Waals surface area contributed by atoms with E-state index in [2.05, 4.69) is 15.3 Å². The van der Waals surface area contributed by atoms with Crippen molar-refractivity contribution in [3.8, 4) is 11.3 Å². The van der Waals surface area contributed by atoms with Gasteiger partial charge in [0, 0.05) is 22.5 Å². The van der Waals surface area contributed by atoms with Gasteiger partial charge in [0.25, 0.3) is 5.91 Å². The Bertz CT molecular complexity index is 833. The molecule has 2 aromatic carbocycles. The Labute approximate surface area is 139 Å². The number of aryl methyl sites for hydroxylation is 1. The van der Waals surface area contributed by atoms with Crippen LogP contribution in [0, 0.1) is 6.92 Å². The van der Waals surface area contributed by atoms with Crippen molar-refractivity contribution in [2.24, 2.45) is 0 Å². The molecule has 0 radical (unpaired) electrons. The molecule has 0 fully saturated rings. The minimum absolute atomic E-state index is 0.249. The molecule has 1 N–H and O–H groups in total. The summed E-state index contributed by atoms with van der Waals surface area (Å²) in [7, 11) is 0. The lowest BCUT2D eigenvalue weighted by molar-refractivity contribution is 0.102. The molecule has 0 unspecified atom stereocenters. The van der Waals surface area contributed by atoms with E-state index in [4.69, 9.17) is 11.6 Å². The number of hydrogen-bond donors (Lipinski definition) is 1. The zero-order chi connectivity index (χ0) is 16.2. The van der Waals surface area contributed by atoms with Gasteiger partial charge in [0.1, 0.15) is 5.82 Å². The molecule has 3 aromatic rings. The summed E-state index contributed by atoms with van der Waals surface area (Å²) >= 11 is 5.93. The van der Waals surface area contributed by atoms with Gasteiger partial charge in [-0.3, -0.25) is 4.79 Å². The van der Waals surface area contributed by atoms with Crippen LogP contribution in [0.5, 0.6) is 0 Å². The molecule has 0 bridgehead atoms. The normalized spacial score (nSPS) is 10.3. The lowest BCUT2D eigenvalue weighted by Crippen LogP contribution is -2.14. The van der Waals surface area contributed by atoms with Crippen LogP contribution < -0.4 is 5.32 Å². The Kier molecular flexibility index (Phi) is 4.35. The highest BCUT2D eigenvalue weighted by molar-refractivity contribution is 6.30. The van der Waals surface area contributed by atoms with Crippen LogP contribution in [0.3, 0.4) is 0 Å². The van der Waals surface area contributed by atoms with Crippen LogP contribution in [0.2, 0.25) is 5.02 Å². The molecule has 0 aliphatic carbocycles. The van der Waals surface area contributed by atoms with Gasteiger partial charge in [-0.05, 0) is 31.2 Å². The first-order valence-electron chi connectivity index (χ1n) is 7.09. The van der Waals surface area contributed by atoms with Crippen LogP contribution >= 0.6 is 11.6 Å². The number of nitrogens with one attached hydrogen (secondary N) is 1. The fourth-order valence-corrected chi connectivity index (χ4v) is 2.31. The number of halogens is 1. The van der Waals surface area contributed by atoms with E-state index in [-0.39, 0.29) is 5.91 Å². The van der Waals surface area contributed by atoms with Gasteiger partial charge in [-0.1, -0.05) is 41.9 Å². The second kappa shape index (κ2) is 6.58. The quantitative estimate of drug-likeness (QED) is 0.779. The van der Waals surface area contributed by atoms with Crippen molar-refractivity contribution in [3.05, 3.63) is 77.2 Å². The second-order valence-electron chi connectivity index (χ2n) is 5.01. The van der Waals surface area contributed by atoms with Crippen LogP contribution in [0.15, 0.2) is 60.8 Å². The summed E-state index contributed by atoms with van der Waals surface area (Å²) in [6, 6.07) is 16.5. The van der Waals surface area contributed by atoms with Gasteiger partial charge in [-0.2, -0.15) is 0 Å². The SMILES string of the molecule is Cc1ncc(C(=O)Nc2ccccc2)c(-c2ccc(Cl)cc2)n1. The Balaban J connectivity index is 1.99. The van der Waals surface area contributed by atoms with E-state index in [0.717, 1.165) is 11.3 Å². The molecule has 0 atom stereocenters. The number of amides is 1. The minimum atomic E-state index is -0.249. The molecule has 4 nitrogen and oxygen atoms in total. The standard InChI is InChI=1S/C18H14ClN3O/c1-12-20-11-16(18(23)22-15-5-3-2-4-6-15)17(21-12)13-7-9-14(19)10-8-13/h2-11H,1H3,(H,22,23). The molecule has 3 rings (SSSR count). The van der Waals surface area contributed by atoms with E-state index in [1.165, 1.54) is 0 Å². The first-order valence-corrected chi connectivity index (χ1v) is 7.47. The van der Waals surface area contributed by atoms with Crippen LogP contribution in [-0.2, 0) is 0 Å². The summed E-state index contributed by atoms with van der Waals surface area (Å²) in [5.41, 5.74) is 2.54. The van der Waals surface area contributed by atoms with Gasteiger partial charge in [0.15, 0.2) is 0 Å². The molecule has 5 heteroatoms. The number of para-hydroxylation sites is 1. The first kappa shape index (κ1) is 15.2. The monoisotopic (exact) mass is 323 g/mol. The number of benzene rings is 2. The molecular formula is C18H14ClN3O. The van der Waals surface area contributed by atoms with Crippen LogP contribution in [-0.4, -0.2) is 15.9 Å². The number of hydrogen-bond acceptors (Lipinski definition) is 3. The van der Waals surface area contributed by atoms with Crippen LogP contribution in [0.4, 0.5) is 5.69 Å². The molecule has 1 aromatic heterocycles. The van der Waals surface area contributed by atoms with Crippen molar-refractivity contribution in [1.82, 2.24) is 9.97 Å². The van der Waals surface area contributed by atoms with Crippen molar-refractivity contribution in [2.75, 3.05) is 5.32 Å². The highest BCUT2D eigenvalue weighted by Crippen LogP contribution is 2.24. The number of nitrogens with zero attached hydrogens (tertiary/aromatic N) is 2. The van der Waals surface area contributed by atoms with Gasteiger partial charge in [-0.25, -0.2) is 9.97 Å². The summed E-state index contributed by atoms with van der Waals surface area (Å²) in [4.78, 5) is 21.1. The lowest BCUT2D eigenvalue weighted by Gasteiger charge is -2.10. The summed E-state index contributed by atoms with van der Waals surface area (Å²) in [5.74, 6) is 0.354. The molecule has 0 saturated heterocycles. The molecular weight excluding hydrogens is 310 g/mol. The second-order valence-corrected chi connectivity index (χ2v) is 5.44. The zero-order valence-corrected chi connectivity index (χ0v) is 13.2. The minimum Gasteiger partial charge on any atom is -0.322 e. The maximum absolute atomic E-state index is 12.6. The van der Waals surface area contributed by atoms with E-state index in [1.54, 1.807) is 25.3 Å². The third kappa shape index (κ3) is 3.55. The summed E-state index contributed by atoms with van der Waals surface area (Å²) in [6.45, 7) is 1.79. The van der Waals surface area contributed by atoms with Gasteiger partial charge < -0.3 is 5.32 Å². The van der Waals surface area contributed by atoms with Crippen molar-refractivity contribution in [2.45, 2.75) is 6.92 Å². The van der Waals surface area contributed by atoms with Gasteiger partial charge in [-0.15, -0.1) is 0 Å². The van der Waals surface area contributed by atoms with Crippen LogP contribution in [0.1, 0.15) is 16.2 Å². The molecule has 0 aliphatic heterocycles. The van der Waals surface area contributed by atoms with E-state index < -0.39 is 0 Å². The lowest BCUT2D eigenvalue weighted by atomic mass is 10.1. The van der Waals surface area contributed by atoms with Gasteiger partial charge in [0.05, 0.1) is 11.3 Å². The number of rotatable bonds is 3. The maximum atomic E-state index is 12.6. The Morgan fingerprint density at radius 3 is 2.43 bits per heavy atom. The molecule has 23 heavy (non-hydrogen) atoms. The molecule has 1 amide bonds. The maximum Gasteiger partial charge on any atom is 0.259 e. The van der Waals surface area contributed by atoms with Crippen molar-refractivity contribution in [1.29, 1.82) is 0 Å². The molecule has 0 aliphatic rings. The molecule has 0 saturated carbocycles. The summed E-state index contributed by atoms with van der Waals surface area (Å²) in [6.07, 6.45) is 1.55. The zero-order valence-electron chi connectivity index (χ0n) is 12.5. The smallest absolute Gasteiger partial charge is 0.259 e. The largest absolute Gasteiger partial charge is 0.322 e. The predicted octanol–water partition coefficient (Wildman–Crippen LogP) is 4.36. The van der Waals surface area contributed by atoms with Crippen LogP contribution in [0.25, 0.3) is 11.3 Å². The Morgan fingerprint density at radius 2 is 1.74 bits per heavy atom. The Hall–Kier alpha value is -2.72. The summed E-state index contributed by atoms with van der Waals surface area (Å²) in [5, 5.41) is 3.49. The van der Waals surface area contributed by atoms with Gasteiger partial charge >= 0.3 is 0 Å². The van der Waals surface area contributed by atoms with E-state index in [0.29, 0.717) is 22.1 Å². The van der Waals surface area contributed by atoms with E-state index in [1.807, 2.05) is 42.5 Å². The number of anilines is 1. The number of carbonyl (C=O) groups is 1. The molecule has 114 valence electrons. The predicted molar refractivity (Wildman–Crippen MR) is 91.6 cm³/mol. The number of carbonyl (C=O) groups excluding carboxylic acids is 1. The topological polar surface area (TPSA) is 54.9 Å².